The average molecular weight is 306 g/mol. The van der Waals surface area contributed by atoms with Gasteiger partial charge < -0.3 is 0 Å². The molecule has 0 unspecified atom stereocenters. The van der Waals surface area contributed by atoms with Crippen molar-refractivity contribution in [2.75, 3.05) is 0 Å². The first kappa shape index (κ1) is 15.0. The van der Waals surface area contributed by atoms with E-state index in [2.05, 4.69) is 52.0 Å². The van der Waals surface area contributed by atoms with Crippen molar-refractivity contribution in [3.8, 4) is 0 Å². The van der Waals surface area contributed by atoms with E-state index in [4.69, 9.17) is 0 Å². The lowest BCUT2D eigenvalue weighted by Crippen LogP contribution is -2.28. The minimum absolute atomic E-state index is 0.0785. The van der Waals surface area contributed by atoms with Crippen molar-refractivity contribution >= 4 is 26.5 Å². The highest BCUT2D eigenvalue weighted by molar-refractivity contribution is 7.73. The predicted molar refractivity (Wildman–Crippen MR) is 95.9 cm³/mol. The Kier molecular flexibility index (Phi) is 4.54. The van der Waals surface area contributed by atoms with Gasteiger partial charge in [-0.1, -0.05) is 67.8 Å². The van der Waals surface area contributed by atoms with E-state index in [1.165, 1.54) is 25.7 Å². The van der Waals surface area contributed by atoms with Gasteiger partial charge in [0.25, 0.3) is 0 Å². The second kappa shape index (κ2) is 6.06. The highest BCUT2D eigenvalue weighted by Crippen LogP contribution is 2.58. The molecule has 2 saturated heterocycles. The SMILES string of the molecule is C[C@@H]1CC[C@@H](C)P1c1ccccc1P1[C@@H](C)CC[C@@H]1C. The molecule has 3 rings (SSSR count). The van der Waals surface area contributed by atoms with E-state index < -0.39 is 0 Å². The van der Waals surface area contributed by atoms with E-state index in [-0.39, 0.29) is 15.8 Å². The summed E-state index contributed by atoms with van der Waals surface area (Å²) < 4.78 is 0. The zero-order chi connectivity index (χ0) is 14.3. The summed E-state index contributed by atoms with van der Waals surface area (Å²) in [5, 5.41) is 3.57. The Labute approximate surface area is 127 Å². The lowest BCUT2D eigenvalue weighted by molar-refractivity contribution is 0.777. The van der Waals surface area contributed by atoms with Gasteiger partial charge in [0, 0.05) is 0 Å². The van der Waals surface area contributed by atoms with E-state index >= 15 is 0 Å². The number of hydrogen-bond donors (Lipinski definition) is 0. The number of rotatable bonds is 2. The molecule has 0 saturated carbocycles. The summed E-state index contributed by atoms with van der Waals surface area (Å²) in [7, 11) is 0.157. The van der Waals surface area contributed by atoms with Crippen LogP contribution in [0.5, 0.6) is 0 Å². The van der Waals surface area contributed by atoms with Crippen molar-refractivity contribution in [1.29, 1.82) is 0 Å². The van der Waals surface area contributed by atoms with Crippen LogP contribution in [0.25, 0.3) is 0 Å². The van der Waals surface area contributed by atoms with Crippen LogP contribution < -0.4 is 10.6 Å². The van der Waals surface area contributed by atoms with Gasteiger partial charge in [0.05, 0.1) is 0 Å². The molecule has 2 heterocycles. The lowest BCUT2D eigenvalue weighted by Gasteiger charge is -2.30. The fourth-order valence-electron chi connectivity index (χ4n) is 4.24. The third kappa shape index (κ3) is 2.60. The van der Waals surface area contributed by atoms with Gasteiger partial charge in [0.15, 0.2) is 0 Å². The first-order valence-electron chi connectivity index (χ1n) is 8.25. The van der Waals surface area contributed by atoms with E-state index in [9.17, 15) is 0 Å². The maximum atomic E-state index is 2.50. The fraction of sp³-hybridized carbons (Fsp3) is 0.667. The molecule has 0 aromatic heterocycles. The molecule has 0 amide bonds. The quantitative estimate of drug-likeness (QED) is 0.671. The molecule has 1 aromatic rings. The standard InChI is InChI=1S/C18H28P2/c1-13-9-10-14(2)19(13)17-7-5-6-8-18(17)20-15(3)11-12-16(20)4/h5-8,13-16H,9-12H2,1-4H3/t13-,14-,15+,16+. The summed E-state index contributed by atoms with van der Waals surface area (Å²) in [5.41, 5.74) is 3.74. The topological polar surface area (TPSA) is 0 Å². The van der Waals surface area contributed by atoms with Gasteiger partial charge in [-0.3, -0.25) is 0 Å². The van der Waals surface area contributed by atoms with Crippen LogP contribution in [0, 0.1) is 0 Å². The minimum atomic E-state index is 0.0785. The molecule has 2 aliphatic heterocycles. The van der Waals surface area contributed by atoms with Crippen molar-refractivity contribution in [1.82, 2.24) is 0 Å². The van der Waals surface area contributed by atoms with E-state index in [1.54, 1.807) is 10.6 Å². The summed E-state index contributed by atoms with van der Waals surface area (Å²) in [6.45, 7) is 10.0. The van der Waals surface area contributed by atoms with E-state index in [0.717, 1.165) is 22.6 Å². The first-order chi connectivity index (χ1) is 9.59. The van der Waals surface area contributed by atoms with Gasteiger partial charge in [-0.15, -0.1) is 0 Å². The minimum Gasteiger partial charge on any atom is -0.0688 e. The van der Waals surface area contributed by atoms with Crippen LogP contribution in [-0.4, -0.2) is 22.6 Å². The molecular weight excluding hydrogens is 278 g/mol. The van der Waals surface area contributed by atoms with Gasteiger partial charge in [-0.2, -0.15) is 0 Å². The van der Waals surface area contributed by atoms with Crippen LogP contribution in [0.15, 0.2) is 24.3 Å². The summed E-state index contributed by atoms with van der Waals surface area (Å²) in [6.07, 6.45) is 5.79. The monoisotopic (exact) mass is 306 g/mol. The average Bonchev–Trinajstić information content (AvgIpc) is 2.93. The zero-order valence-electron chi connectivity index (χ0n) is 13.3. The Bertz CT molecular complexity index is 407. The summed E-state index contributed by atoms with van der Waals surface area (Å²) in [4.78, 5) is 0. The number of benzene rings is 1. The van der Waals surface area contributed by atoms with Crippen molar-refractivity contribution in [2.24, 2.45) is 0 Å². The molecule has 110 valence electrons. The predicted octanol–water partition coefficient (Wildman–Crippen LogP) is 5.04. The molecule has 2 aliphatic rings. The van der Waals surface area contributed by atoms with Crippen LogP contribution in [0.3, 0.4) is 0 Å². The largest absolute Gasteiger partial charge is 0.0688 e. The fourth-order valence-corrected chi connectivity index (χ4v) is 11.5. The van der Waals surface area contributed by atoms with Gasteiger partial charge in [-0.05, 0) is 58.9 Å². The van der Waals surface area contributed by atoms with E-state index in [1.807, 2.05) is 0 Å². The van der Waals surface area contributed by atoms with E-state index in [0.29, 0.717) is 0 Å². The molecular formula is C18H28P2. The van der Waals surface area contributed by atoms with Gasteiger partial charge in [0.2, 0.25) is 0 Å². The maximum Gasteiger partial charge on any atom is -0.0158 e. The molecule has 0 N–H and O–H groups in total. The highest BCUT2D eigenvalue weighted by atomic mass is 31.1. The van der Waals surface area contributed by atoms with Gasteiger partial charge in [0.1, 0.15) is 0 Å². The summed E-state index contributed by atoms with van der Waals surface area (Å²) in [5.74, 6) is 0. The van der Waals surface area contributed by atoms with Crippen LogP contribution in [-0.2, 0) is 0 Å². The van der Waals surface area contributed by atoms with Crippen LogP contribution >= 0.6 is 15.8 Å². The molecule has 4 atom stereocenters. The molecule has 0 aliphatic carbocycles. The molecule has 2 heteroatoms. The first-order valence-corrected chi connectivity index (χ1v) is 11.2. The van der Waals surface area contributed by atoms with Gasteiger partial charge in [-0.25, -0.2) is 0 Å². The molecule has 0 nitrogen and oxygen atoms in total. The van der Waals surface area contributed by atoms with Crippen molar-refractivity contribution in [3.05, 3.63) is 24.3 Å². The Morgan fingerprint density at radius 1 is 0.650 bits per heavy atom. The van der Waals surface area contributed by atoms with Crippen molar-refractivity contribution < 1.29 is 0 Å². The third-order valence-corrected chi connectivity index (χ3v) is 12.2. The van der Waals surface area contributed by atoms with Crippen molar-refractivity contribution in [3.63, 3.8) is 0 Å². The zero-order valence-corrected chi connectivity index (χ0v) is 15.1. The third-order valence-electron chi connectivity index (χ3n) is 5.34. The Morgan fingerprint density at radius 2 is 0.950 bits per heavy atom. The van der Waals surface area contributed by atoms with Gasteiger partial charge >= 0.3 is 0 Å². The summed E-state index contributed by atoms with van der Waals surface area (Å²) in [6, 6.07) is 9.55. The molecule has 1 aromatic carbocycles. The summed E-state index contributed by atoms with van der Waals surface area (Å²) >= 11 is 0. The highest BCUT2D eigenvalue weighted by Gasteiger charge is 2.37. The maximum absolute atomic E-state index is 2.50. The molecule has 0 spiro atoms. The smallest absolute Gasteiger partial charge is 0.0158 e. The Hall–Kier alpha value is 0.0800. The molecule has 20 heavy (non-hydrogen) atoms. The van der Waals surface area contributed by atoms with Crippen LogP contribution in [0.1, 0.15) is 53.4 Å². The van der Waals surface area contributed by atoms with Crippen molar-refractivity contribution in [2.45, 2.75) is 76.0 Å². The number of hydrogen-bond acceptors (Lipinski definition) is 0. The molecule has 0 bridgehead atoms. The molecule has 2 fully saturated rings. The van der Waals surface area contributed by atoms with Crippen LogP contribution in [0.4, 0.5) is 0 Å². The second-order valence-corrected chi connectivity index (χ2v) is 13.0. The Balaban J connectivity index is 2.00. The second-order valence-electron chi connectivity index (χ2n) is 6.85. The Morgan fingerprint density at radius 3 is 1.25 bits per heavy atom. The normalized spacial score (nSPS) is 35.8. The molecule has 0 radical (unpaired) electrons. The van der Waals surface area contributed by atoms with Crippen LogP contribution in [0.2, 0.25) is 0 Å². The lowest BCUT2D eigenvalue weighted by atomic mass is 10.2.